The number of nitrogens with one attached hydrogen (secondary N) is 2. The number of thiophene rings is 1. The van der Waals surface area contributed by atoms with E-state index in [9.17, 15) is 9.59 Å². The van der Waals surface area contributed by atoms with Gasteiger partial charge >= 0.3 is 0 Å². The first-order chi connectivity index (χ1) is 15.4. The summed E-state index contributed by atoms with van der Waals surface area (Å²) in [7, 11) is 0. The summed E-state index contributed by atoms with van der Waals surface area (Å²) in [4.78, 5) is 35.2. The Labute approximate surface area is 194 Å². The van der Waals surface area contributed by atoms with Crippen LogP contribution in [0.25, 0.3) is 20.7 Å². The lowest BCUT2D eigenvalue weighted by Crippen LogP contribution is -2.22. The van der Waals surface area contributed by atoms with Crippen molar-refractivity contribution < 1.29 is 9.59 Å². The van der Waals surface area contributed by atoms with E-state index in [1.165, 1.54) is 18.7 Å². The van der Waals surface area contributed by atoms with Gasteiger partial charge in [0, 0.05) is 28.6 Å². The highest BCUT2D eigenvalue weighted by Gasteiger charge is 2.19. The molecule has 2 aromatic carbocycles. The molecule has 4 rings (SSSR count). The third kappa shape index (κ3) is 5.15. The van der Waals surface area contributed by atoms with Crippen LogP contribution in [0.5, 0.6) is 0 Å². The van der Waals surface area contributed by atoms with E-state index in [4.69, 9.17) is 0 Å². The van der Waals surface area contributed by atoms with Crippen molar-refractivity contribution in [1.82, 2.24) is 9.97 Å². The molecule has 2 N–H and O–H groups in total. The first kappa shape index (κ1) is 22.0. The topological polar surface area (TPSA) is 84.0 Å². The fourth-order valence-corrected chi connectivity index (χ4v) is 5.25. The van der Waals surface area contributed by atoms with Crippen LogP contribution in [0.4, 0.5) is 11.4 Å². The molecule has 0 aliphatic heterocycles. The normalized spacial score (nSPS) is 11.8. The van der Waals surface area contributed by atoms with Crippen molar-refractivity contribution in [2.24, 2.45) is 0 Å². The van der Waals surface area contributed by atoms with E-state index in [1.54, 1.807) is 35.6 Å². The number of anilines is 2. The Bertz CT molecular complexity index is 1270. The Balaban J connectivity index is 1.51. The second-order valence-electron chi connectivity index (χ2n) is 7.28. The molecule has 0 saturated carbocycles. The van der Waals surface area contributed by atoms with Crippen LogP contribution in [0.1, 0.15) is 19.7 Å². The molecule has 1 unspecified atom stereocenters. The van der Waals surface area contributed by atoms with Gasteiger partial charge in [-0.25, -0.2) is 9.97 Å². The van der Waals surface area contributed by atoms with Gasteiger partial charge in [-0.2, -0.15) is 0 Å². The largest absolute Gasteiger partial charge is 0.326 e. The van der Waals surface area contributed by atoms with Crippen LogP contribution in [0.2, 0.25) is 0 Å². The molecule has 4 aromatic rings. The molecule has 8 heteroatoms. The van der Waals surface area contributed by atoms with Crippen LogP contribution < -0.4 is 10.6 Å². The molecule has 0 spiro atoms. The molecule has 2 heterocycles. The Hall–Kier alpha value is -3.23. The van der Waals surface area contributed by atoms with Crippen LogP contribution >= 0.6 is 23.1 Å². The second-order valence-corrected chi connectivity index (χ2v) is 9.64. The number of thioether (sulfide) groups is 1. The van der Waals surface area contributed by atoms with Gasteiger partial charge in [-0.05, 0) is 49.7 Å². The Morgan fingerprint density at radius 1 is 0.969 bits per heavy atom. The van der Waals surface area contributed by atoms with Gasteiger partial charge in [-0.1, -0.05) is 42.1 Å². The van der Waals surface area contributed by atoms with Crippen LogP contribution in [0, 0.1) is 6.92 Å². The van der Waals surface area contributed by atoms with E-state index in [0.717, 1.165) is 25.7 Å². The highest BCUT2D eigenvalue weighted by Crippen LogP contribution is 2.37. The predicted octanol–water partition coefficient (Wildman–Crippen LogP) is 5.74. The van der Waals surface area contributed by atoms with Gasteiger partial charge in [0.1, 0.15) is 15.7 Å². The van der Waals surface area contributed by atoms with Gasteiger partial charge < -0.3 is 10.6 Å². The number of rotatable bonds is 6. The first-order valence-corrected chi connectivity index (χ1v) is 11.8. The maximum atomic E-state index is 12.8. The summed E-state index contributed by atoms with van der Waals surface area (Å²) >= 11 is 3.05. The van der Waals surface area contributed by atoms with E-state index >= 15 is 0 Å². The van der Waals surface area contributed by atoms with E-state index < -0.39 is 0 Å². The molecular weight excluding hydrogens is 440 g/mol. The average Bonchev–Trinajstić information content (AvgIpc) is 3.19. The van der Waals surface area contributed by atoms with Crippen LogP contribution in [0.3, 0.4) is 0 Å². The van der Waals surface area contributed by atoms with Crippen molar-refractivity contribution >= 4 is 56.5 Å². The van der Waals surface area contributed by atoms with Gasteiger partial charge in [0.15, 0.2) is 0 Å². The number of aryl methyl sites for hydroxylation is 1. The van der Waals surface area contributed by atoms with Crippen molar-refractivity contribution in [3.63, 3.8) is 0 Å². The van der Waals surface area contributed by atoms with Crippen molar-refractivity contribution in [2.45, 2.75) is 31.0 Å². The third-order valence-corrected chi connectivity index (χ3v) is 6.84. The van der Waals surface area contributed by atoms with Gasteiger partial charge in [0.05, 0.1) is 5.25 Å². The van der Waals surface area contributed by atoms with Gasteiger partial charge in [-0.15, -0.1) is 11.3 Å². The van der Waals surface area contributed by atoms with Gasteiger partial charge in [0.25, 0.3) is 0 Å². The third-order valence-electron chi connectivity index (χ3n) is 4.66. The van der Waals surface area contributed by atoms with Crippen molar-refractivity contribution in [1.29, 1.82) is 0 Å². The fourth-order valence-electron chi connectivity index (χ4n) is 3.14. The molecule has 1 atom stereocenters. The zero-order valence-corrected chi connectivity index (χ0v) is 19.5. The highest BCUT2D eigenvalue weighted by molar-refractivity contribution is 8.00. The maximum absolute atomic E-state index is 12.8. The quantitative estimate of drug-likeness (QED) is 0.282. The molecule has 162 valence electrons. The minimum atomic E-state index is -0.359. The van der Waals surface area contributed by atoms with Gasteiger partial charge in [-0.3, -0.25) is 9.59 Å². The van der Waals surface area contributed by atoms with Crippen LogP contribution in [-0.2, 0) is 9.59 Å². The van der Waals surface area contributed by atoms with E-state index in [-0.39, 0.29) is 17.1 Å². The summed E-state index contributed by atoms with van der Waals surface area (Å²) < 4.78 is 0. The second kappa shape index (κ2) is 9.50. The molecular formula is C24H22N4O2S2. The molecule has 0 saturated heterocycles. The summed E-state index contributed by atoms with van der Waals surface area (Å²) in [6.07, 6.45) is 0. The van der Waals surface area contributed by atoms with Crippen LogP contribution in [0.15, 0.2) is 65.7 Å². The zero-order chi connectivity index (χ0) is 22.7. The number of carbonyl (C=O) groups excluding carboxylic acids is 2. The SMILES string of the molecule is CC(=O)Nc1ccc(NC(=O)C(C)Sc2nc(C)nc3sc(-c4ccccc4)cc23)cc1. The van der Waals surface area contributed by atoms with Gasteiger partial charge in [0.2, 0.25) is 11.8 Å². The Morgan fingerprint density at radius 2 is 1.62 bits per heavy atom. The molecule has 32 heavy (non-hydrogen) atoms. The summed E-state index contributed by atoms with van der Waals surface area (Å²) in [5, 5.41) is 7.03. The van der Waals surface area contributed by atoms with Crippen LogP contribution in [-0.4, -0.2) is 27.0 Å². The number of nitrogens with zero attached hydrogens (tertiary/aromatic N) is 2. The summed E-state index contributed by atoms with van der Waals surface area (Å²) in [5.74, 6) is 0.426. The number of hydrogen-bond acceptors (Lipinski definition) is 6. The van der Waals surface area contributed by atoms with E-state index in [0.29, 0.717) is 17.2 Å². The lowest BCUT2D eigenvalue weighted by molar-refractivity contribution is -0.115. The molecule has 0 aliphatic rings. The molecule has 0 radical (unpaired) electrons. The average molecular weight is 463 g/mol. The van der Waals surface area contributed by atoms with Crippen molar-refractivity contribution in [2.75, 3.05) is 10.6 Å². The lowest BCUT2D eigenvalue weighted by Gasteiger charge is -2.13. The molecule has 0 bridgehead atoms. The fraction of sp³-hybridized carbons (Fsp3) is 0.167. The Kier molecular flexibility index (Phi) is 6.53. The molecule has 2 aromatic heterocycles. The lowest BCUT2D eigenvalue weighted by atomic mass is 10.2. The first-order valence-electron chi connectivity index (χ1n) is 10.1. The van der Waals surface area contributed by atoms with E-state index in [2.05, 4.69) is 38.8 Å². The standard InChI is InChI=1S/C24H22N4O2S2/c1-14(22(30)28-19-11-9-18(10-12-19)27-16(3)29)31-23-20-13-21(17-7-5-4-6-8-17)32-24(20)26-15(2)25-23/h4-14H,1-3H3,(H,27,29)(H,28,30). The maximum Gasteiger partial charge on any atom is 0.237 e. The number of benzene rings is 2. The van der Waals surface area contributed by atoms with E-state index in [1.807, 2.05) is 32.0 Å². The number of aromatic nitrogens is 2. The monoisotopic (exact) mass is 462 g/mol. The molecule has 2 amide bonds. The molecule has 0 aliphatic carbocycles. The smallest absolute Gasteiger partial charge is 0.237 e. The number of fused-ring (bicyclic) bond motifs is 1. The number of hydrogen-bond donors (Lipinski definition) is 2. The Morgan fingerprint density at radius 3 is 2.28 bits per heavy atom. The molecule has 6 nitrogen and oxygen atoms in total. The molecule has 0 fully saturated rings. The van der Waals surface area contributed by atoms with Crippen molar-refractivity contribution in [3.8, 4) is 10.4 Å². The zero-order valence-electron chi connectivity index (χ0n) is 17.9. The summed E-state index contributed by atoms with van der Waals surface area (Å²) in [6, 6.07) is 19.3. The predicted molar refractivity (Wildman–Crippen MR) is 132 cm³/mol. The summed E-state index contributed by atoms with van der Waals surface area (Å²) in [5.41, 5.74) is 2.49. The van der Waals surface area contributed by atoms with Crippen molar-refractivity contribution in [3.05, 3.63) is 66.5 Å². The number of carbonyl (C=O) groups is 2. The minimum absolute atomic E-state index is 0.120. The number of amides is 2. The highest BCUT2D eigenvalue weighted by atomic mass is 32.2. The minimum Gasteiger partial charge on any atom is -0.326 e. The summed E-state index contributed by atoms with van der Waals surface area (Å²) in [6.45, 7) is 5.18.